The second kappa shape index (κ2) is 11.6. The molecule has 0 bridgehead atoms. The Kier molecular flexibility index (Phi) is 8.69. The number of oxime groups is 1. The van der Waals surface area contributed by atoms with Crippen molar-refractivity contribution in [3.8, 4) is 5.75 Å². The van der Waals surface area contributed by atoms with Gasteiger partial charge in [0.1, 0.15) is 5.75 Å². The molecular formula is C20H25N3O3. The third-order valence-electron chi connectivity index (χ3n) is 3.64. The Morgan fingerprint density at radius 1 is 1.15 bits per heavy atom. The number of carbonyl (C=O) groups excluding carboxylic acids is 1. The van der Waals surface area contributed by atoms with E-state index in [1.165, 1.54) is 31.9 Å². The molecule has 26 heavy (non-hydrogen) atoms. The van der Waals surface area contributed by atoms with Crippen molar-refractivity contribution >= 4 is 18.0 Å². The molecule has 0 fully saturated rings. The fourth-order valence-electron chi connectivity index (χ4n) is 2.26. The molecular weight excluding hydrogens is 330 g/mol. The molecule has 1 N–H and O–H groups in total. The first-order chi connectivity index (χ1) is 12.8. The van der Waals surface area contributed by atoms with Gasteiger partial charge in [0, 0.05) is 23.6 Å². The molecule has 138 valence electrons. The Balaban J connectivity index is 1.67. The van der Waals surface area contributed by atoms with Crippen molar-refractivity contribution in [1.82, 2.24) is 4.98 Å². The number of amides is 1. The molecule has 0 radical (unpaired) electrons. The number of carbonyl (C=O) groups is 1. The highest BCUT2D eigenvalue weighted by Crippen LogP contribution is 2.16. The lowest BCUT2D eigenvalue weighted by atomic mass is 10.2. The van der Waals surface area contributed by atoms with Crippen LogP contribution in [0.1, 0.15) is 44.6 Å². The van der Waals surface area contributed by atoms with Gasteiger partial charge in [-0.1, -0.05) is 43.8 Å². The average molecular weight is 355 g/mol. The monoisotopic (exact) mass is 355 g/mol. The van der Waals surface area contributed by atoms with Gasteiger partial charge in [0.25, 0.3) is 0 Å². The van der Waals surface area contributed by atoms with Crippen molar-refractivity contribution in [2.24, 2.45) is 5.16 Å². The van der Waals surface area contributed by atoms with E-state index in [4.69, 9.17) is 9.57 Å². The number of hydrogen-bond acceptors (Lipinski definition) is 5. The summed E-state index contributed by atoms with van der Waals surface area (Å²) in [6, 6.07) is 10.7. The Bertz CT molecular complexity index is 672. The van der Waals surface area contributed by atoms with Crippen LogP contribution in [-0.4, -0.2) is 23.9 Å². The van der Waals surface area contributed by atoms with Gasteiger partial charge in [-0.15, -0.1) is 0 Å². The van der Waals surface area contributed by atoms with Crippen LogP contribution in [-0.2, 0) is 4.84 Å². The molecule has 0 spiro atoms. The number of aromatic nitrogens is 1. The first-order valence-electron chi connectivity index (χ1n) is 8.92. The van der Waals surface area contributed by atoms with E-state index >= 15 is 0 Å². The molecule has 1 aromatic heterocycles. The summed E-state index contributed by atoms with van der Waals surface area (Å²) in [5, 5.41) is 6.22. The molecule has 0 aliphatic heterocycles. The van der Waals surface area contributed by atoms with Crippen molar-refractivity contribution in [2.45, 2.75) is 39.0 Å². The van der Waals surface area contributed by atoms with Gasteiger partial charge in [-0.2, -0.15) is 0 Å². The van der Waals surface area contributed by atoms with E-state index in [0.29, 0.717) is 12.3 Å². The smallest absolute Gasteiger partial charge is 0.437 e. The van der Waals surface area contributed by atoms with E-state index < -0.39 is 6.09 Å². The summed E-state index contributed by atoms with van der Waals surface area (Å²) in [5.41, 5.74) is 1.36. The lowest BCUT2D eigenvalue weighted by Gasteiger charge is -2.07. The number of hydrogen-bond donors (Lipinski definition) is 1. The van der Waals surface area contributed by atoms with E-state index in [-0.39, 0.29) is 0 Å². The Labute approximate surface area is 154 Å². The largest absolute Gasteiger partial charge is 0.494 e. The molecule has 1 heterocycles. The third kappa shape index (κ3) is 7.79. The SMILES string of the molecule is CCCCCCCOc1ccc(NC(=O)ON=Cc2cccnc2)cc1. The first kappa shape index (κ1) is 19.4. The first-order valence-corrected chi connectivity index (χ1v) is 8.92. The quantitative estimate of drug-likeness (QED) is 0.281. The summed E-state index contributed by atoms with van der Waals surface area (Å²) >= 11 is 0. The van der Waals surface area contributed by atoms with Crippen molar-refractivity contribution in [3.63, 3.8) is 0 Å². The summed E-state index contributed by atoms with van der Waals surface area (Å²) in [5.74, 6) is 0.786. The number of nitrogens with zero attached hydrogens (tertiary/aromatic N) is 2. The molecule has 0 aliphatic carbocycles. The van der Waals surface area contributed by atoms with Crippen LogP contribution >= 0.6 is 0 Å². The standard InChI is InChI=1S/C20H25N3O3/c1-2-3-4-5-6-14-25-19-11-9-18(10-12-19)23-20(24)26-22-16-17-8-7-13-21-15-17/h7-13,15-16H,2-6,14H2,1H3,(H,23,24). The van der Waals surface area contributed by atoms with Gasteiger partial charge in [0.15, 0.2) is 0 Å². The van der Waals surface area contributed by atoms with E-state index in [2.05, 4.69) is 22.4 Å². The lowest BCUT2D eigenvalue weighted by Crippen LogP contribution is -2.10. The van der Waals surface area contributed by atoms with Crippen molar-refractivity contribution < 1.29 is 14.4 Å². The van der Waals surface area contributed by atoms with Gasteiger partial charge in [-0.3, -0.25) is 15.1 Å². The van der Waals surface area contributed by atoms with Crippen molar-refractivity contribution in [2.75, 3.05) is 11.9 Å². The van der Waals surface area contributed by atoms with Gasteiger partial charge < -0.3 is 4.74 Å². The number of unbranched alkanes of at least 4 members (excludes halogenated alkanes) is 4. The molecule has 2 rings (SSSR count). The summed E-state index contributed by atoms with van der Waals surface area (Å²) in [6.45, 7) is 2.91. The predicted molar refractivity (Wildman–Crippen MR) is 103 cm³/mol. The zero-order valence-corrected chi connectivity index (χ0v) is 15.1. The van der Waals surface area contributed by atoms with E-state index in [0.717, 1.165) is 17.7 Å². The van der Waals surface area contributed by atoms with Crippen LogP contribution < -0.4 is 10.1 Å². The summed E-state index contributed by atoms with van der Waals surface area (Å²) in [6.07, 6.45) is 10.1. The summed E-state index contributed by atoms with van der Waals surface area (Å²) in [4.78, 5) is 20.4. The zero-order valence-electron chi connectivity index (χ0n) is 15.1. The topological polar surface area (TPSA) is 72.8 Å². The Hall–Kier alpha value is -2.89. The number of ether oxygens (including phenoxy) is 1. The Morgan fingerprint density at radius 2 is 1.96 bits per heavy atom. The summed E-state index contributed by atoms with van der Waals surface area (Å²) < 4.78 is 5.69. The third-order valence-corrected chi connectivity index (χ3v) is 3.64. The number of pyridine rings is 1. The number of rotatable bonds is 10. The fraction of sp³-hybridized carbons (Fsp3) is 0.350. The number of benzene rings is 1. The van der Waals surface area contributed by atoms with Gasteiger partial charge >= 0.3 is 6.09 Å². The number of nitrogens with one attached hydrogen (secondary N) is 1. The maximum atomic E-state index is 11.7. The molecule has 0 saturated carbocycles. The Morgan fingerprint density at radius 3 is 2.69 bits per heavy atom. The molecule has 2 aromatic rings. The van der Waals surface area contributed by atoms with Gasteiger partial charge in [0.05, 0.1) is 12.8 Å². The highest BCUT2D eigenvalue weighted by Gasteiger charge is 2.03. The van der Waals surface area contributed by atoms with Gasteiger partial charge in [-0.25, -0.2) is 4.79 Å². The second-order valence-electron chi connectivity index (χ2n) is 5.81. The molecule has 0 saturated heterocycles. The highest BCUT2D eigenvalue weighted by atomic mass is 16.7. The highest BCUT2D eigenvalue weighted by molar-refractivity contribution is 5.85. The average Bonchev–Trinajstić information content (AvgIpc) is 2.67. The molecule has 0 atom stereocenters. The molecule has 0 unspecified atom stereocenters. The normalized spacial score (nSPS) is 10.7. The maximum Gasteiger partial charge on any atom is 0.437 e. The van der Waals surface area contributed by atoms with Crippen LogP contribution in [0.4, 0.5) is 10.5 Å². The minimum atomic E-state index is -0.658. The minimum absolute atomic E-state index is 0.613. The maximum absolute atomic E-state index is 11.7. The van der Waals surface area contributed by atoms with E-state index in [1.54, 1.807) is 36.7 Å². The van der Waals surface area contributed by atoms with Gasteiger partial charge in [-0.05, 0) is 36.8 Å². The summed E-state index contributed by atoms with van der Waals surface area (Å²) in [7, 11) is 0. The van der Waals surface area contributed by atoms with Crippen LogP contribution in [0.15, 0.2) is 53.9 Å². The van der Waals surface area contributed by atoms with Crippen LogP contribution in [0.3, 0.4) is 0 Å². The lowest BCUT2D eigenvalue weighted by molar-refractivity contribution is 0.167. The number of anilines is 1. The van der Waals surface area contributed by atoms with Crippen LogP contribution in [0.25, 0.3) is 0 Å². The van der Waals surface area contributed by atoms with Crippen LogP contribution in [0.2, 0.25) is 0 Å². The molecule has 1 aromatic carbocycles. The second-order valence-corrected chi connectivity index (χ2v) is 5.81. The van der Waals surface area contributed by atoms with Crippen molar-refractivity contribution in [1.29, 1.82) is 0 Å². The molecule has 6 nitrogen and oxygen atoms in total. The molecule has 0 aliphatic rings. The van der Waals surface area contributed by atoms with E-state index in [9.17, 15) is 4.79 Å². The fourth-order valence-corrected chi connectivity index (χ4v) is 2.26. The van der Waals surface area contributed by atoms with Crippen LogP contribution in [0.5, 0.6) is 5.75 Å². The predicted octanol–water partition coefficient (Wildman–Crippen LogP) is 5.01. The minimum Gasteiger partial charge on any atom is -0.494 e. The van der Waals surface area contributed by atoms with Crippen LogP contribution in [0, 0.1) is 0 Å². The molecule has 6 heteroatoms. The van der Waals surface area contributed by atoms with Gasteiger partial charge in [0.2, 0.25) is 0 Å². The van der Waals surface area contributed by atoms with Crippen molar-refractivity contribution in [3.05, 3.63) is 54.4 Å². The molecule has 1 amide bonds. The van der Waals surface area contributed by atoms with E-state index in [1.807, 2.05) is 12.1 Å². The zero-order chi connectivity index (χ0) is 18.5.